The van der Waals surface area contributed by atoms with Gasteiger partial charge in [-0.2, -0.15) is 5.26 Å². The fourth-order valence-electron chi connectivity index (χ4n) is 1.93. The van der Waals surface area contributed by atoms with Crippen molar-refractivity contribution in [2.24, 2.45) is 0 Å². The Kier molecular flexibility index (Phi) is 4.80. The van der Waals surface area contributed by atoms with E-state index in [1.54, 1.807) is 6.07 Å². The van der Waals surface area contributed by atoms with Crippen LogP contribution in [-0.2, 0) is 9.84 Å². The Morgan fingerprint density at radius 1 is 1.21 bits per heavy atom. The van der Waals surface area contributed by atoms with Gasteiger partial charge >= 0.3 is 6.36 Å². The van der Waals surface area contributed by atoms with Crippen LogP contribution in [-0.4, -0.2) is 25.5 Å². The summed E-state index contributed by atoms with van der Waals surface area (Å²) in [5.74, 6) is -0.597. The van der Waals surface area contributed by atoms with E-state index in [1.165, 1.54) is 31.3 Å². The zero-order valence-corrected chi connectivity index (χ0v) is 13.1. The third-order valence-corrected chi connectivity index (χ3v) is 4.84. The van der Waals surface area contributed by atoms with Gasteiger partial charge in [-0.3, -0.25) is 0 Å². The van der Waals surface area contributed by atoms with Gasteiger partial charge in [-0.05, 0) is 23.8 Å². The lowest BCUT2D eigenvalue weighted by Gasteiger charge is -2.10. The first-order chi connectivity index (χ1) is 11.2. The molecule has 1 aromatic heterocycles. The van der Waals surface area contributed by atoms with Gasteiger partial charge in [0.1, 0.15) is 16.7 Å². The van der Waals surface area contributed by atoms with Crippen molar-refractivity contribution < 1.29 is 26.3 Å². The van der Waals surface area contributed by atoms with E-state index in [4.69, 9.17) is 5.26 Å². The smallest absolute Gasteiger partial charge is 0.406 e. The summed E-state index contributed by atoms with van der Waals surface area (Å²) in [4.78, 5) is 3.61. The summed E-state index contributed by atoms with van der Waals surface area (Å²) >= 11 is 0. The number of nitrogens with zero attached hydrogens (tertiary/aromatic N) is 2. The summed E-state index contributed by atoms with van der Waals surface area (Å²) in [5.41, 5.74) is 0.575. The van der Waals surface area contributed by atoms with Crippen LogP contribution in [0, 0.1) is 11.3 Å². The Labute approximate surface area is 136 Å². The zero-order chi connectivity index (χ0) is 18.0. The topological polar surface area (TPSA) is 80.1 Å². The highest BCUT2D eigenvalue weighted by molar-refractivity contribution is 7.91. The minimum absolute atomic E-state index is 0.203. The monoisotopic (exact) mass is 356 g/mol. The number of ether oxygens (including phenoxy) is 1. The van der Waals surface area contributed by atoms with E-state index in [-0.39, 0.29) is 16.3 Å². The molecular weight excluding hydrogens is 345 g/mol. The zero-order valence-electron chi connectivity index (χ0n) is 12.3. The first kappa shape index (κ1) is 17.7. The molecule has 9 heteroatoms. The Hall–Kier alpha value is -2.60. The molecule has 2 rings (SSSR count). The molecule has 2 aromatic rings. The number of hydrogen-bond donors (Lipinski definition) is 0. The summed E-state index contributed by atoms with van der Waals surface area (Å²) in [5, 5.41) is 8.98. The third-order valence-electron chi connectivity index (χ3n) is 3.09. The highest BCUT2D eigenvalue weighted by Gasteiger charge is 2.31. The number of rotatable bonds is 4. The second-order valence-electron chi connectivity index (χ2n) is 4.66. The van der Waals surface area contributed by atoms with Crippen molar-refractivity contribution in [2.75, 3.05) is 5.75 Å². The number of benzene rings is 1. The maximum Gasteiger partial charge on any atom is 0.573 e. The first-order valence-electron chi connectivity index (χ1n) is 6.65. The van der Waals surface area contributed by atoms with E-state index in [0.29, 0.717) is 11.1 Å². The van der Waals surface area contributed by atoms with Gasteiger partial charge in [-0.1, -0.05) is 19.1 Å². The summed E-state index contributed by atoms with van der Waals surface area (Å²) in [6.07, 6.45) is -3.51. The normalized spacial score (nSPS) is 11.8. The van der Waals surface area contributed by atoms with Crippen molar-refractivity contribution in [3.05, 3.63) is 42.2 Å². The lowest BCUT2D eigenvalue weighted by molar-refractivity contribution is -0.274. The van der Waals surface area contributed by atoms with Gasteiger partial charge in [0, 0.05) is 11.8 Å². The van der Waals surface area contributed by atoms with Crippen molar-refractivity contribution in [1.82, 2.24) is 4.98 Å². The van der Waals surface area contributed by atoms with Crippen molar-refractivity contribution in [3.63, 3.8) is 0 Å². The molecule has 0 aliphatic heterocycles. The van der Waals surface area contributed by atoms with E-state index < -0.39 is 21.9 Å². The van der Waals surface area contributed by atoms with Crippen molar-refractivity contribution in [3.8, 4) is 22.9 Å². The van der Waals surface area contributed by atoms with Crippen LogP contribution in [0.25, 0.3) is 11.1 Å². The predicted molar refractivity (Wildman–Crippen MR) is 78.8 cm³/mol. The van der Waals surface area contributed by atoms with Gasteiger partial charge in [0.2, 0.25) is 0 Å². The number of hydrogen-bond acceptors (Lipinski definition) is 5. The predicted octanol–water partition coefficient (Wildman–Crippen LogP) is 3.31. The Bertz CT molecular complexity index is 886. The van der Waals surface area contributed by atoms with Crippen LogP contribution in [0.5, 0.6) is 5.75 Å². The molecule has 0 saturated carbocycles. The molecule has 0 bridgehead atoms. The first-order valence-corrected chi connectivity index (χ1v) is 8.30. The fourth-order valence-corrected chi connectivity index (χ4v) is 2.94. The van der Waals surface area contributed by atoms with E-state index in [1.807, 2.05) is 0 Å². The summed E-state index contributed by atoms with van der Waals surface area (Å²) in [6.45, 7) is 1.44. The average Bonchev–Trinajstić information content (AvgIpc) is 2.53. The van der Waals surface area contributed by atoms with Crippen LogP contribution in [0.15, 0.2) is 41.4 Å². The number of nitriles is 1. The number of sulfone groups is 1. The minimum atomic E-state index is -4.79. The lowest BCUT2D eigenvalue weighted by atomic mass is 10.1. The summed E-state index contributed by atoms with van der Waals surface area (Å²) in [6, 6.07) is 7.89. The van der Waals surface area contributed by atoms with E-state index in [0.717, 1.165) is 12.1 Å². The molecule has 0 amide bonds. The van der Waals surface area contributed by atoms with E-state index in [2.05, 4.69) is 9.72 Å². The second kappa shape index (κ2) is 6.49. The minimum Gasteiger partial charge on any atom is -0.406 e. The lowest BCUT2D eigenvalue weighted by Crippen LogP contribution is -2.16. The molecular formula is C15H11F3N2O3S. The molecule has 126 valence electrons. The maximum absolute atomic E-state index is 12.1. The molecule has 0 radical (unpaired) electrons. The highest BCUT2D eigenvalue weighted by Crippen LogP contribution is 2.28. The largest absolute Gasteiger partial charge is 0.573 e. The van der Waals surface area contributed by atoms with Crippen LogP contribution in [0.2, 0.25) is 0 Å². The van der Waals surface area contributed by atoms with Gasteiger partial charge in [-0.25, -0.2) is 13.4 Å². The SMILES string of the molecule is CCS(=O)(=O)c1cc(-c2ccc(OC(F)(F)F)cc2)cnc1C#N. The van der Waals surface area contributed by atoms with Gasteiger partial charge in [0.05, 0.1) is 5.75 Å². The average molecular weight is 356 g/mol. The molecule has 0 fully saturated rings. The molecule has 1 heterocycles. The molecule has 0 spiro atoms. The van der Waals surface area contributed by atoms with Crippen LogP contribution in [0.4, 0.5) is 13.2 Å². The maximum atomic E-state index is 12.1. The molecule has 24 heavy (non-hydrogen) atoms. The molecule has 0 N–H and O–H groups in total. The molecule has 1 aromatic carbocycles. The molecule has 0 unspecified atom stereocenters. The number of aromatic nitrogens is 1. The van der Waals surface area contributed by atoms with Crippen molar-refractivity contribution in [2.45, 2.75) is 18.2 Å². The van der Waals surface area contributed by atoms with Gasteiger partial charge in [0.15, 0.2) is 15.5 Å². The van der Waals surface area contributed by atoms with E-state index >= 15 is 0 Å². The van der Waals surface area contributed by atoms with Crippen molar-refractivity contribution in [1.29, 1.82) is 5.26 Å². The number of pyridine rings is 1. The van der Waals surface area contributed by atoms with Gasteiger partial charge in [0.25, 0.3) is 0 Å². The molecule has 0 saturated heterocycles. The van der Waals surface area contributed by atoms with E-state index in [9.17, 15) is 21.6 Å². The fraction of sp³-hybridized carbons (Fsp3) is 0.200. The Balaban J connectivity index is 2.43. The number of alkyl halides is 3. The molecule has 0 aliphatic carbocycles. The van der Waals surface area contributed by atoms with Crippen molar-refractivity contribution >= 4 is 9.84 Å². The molecule has 5 nitrogen and oxygen atoms in total. The third kappa shape index (κ3) is 4.02. The van der Waals surface area contributed by atoms with Crippen LogP contribution in [0.1, 0.15) is 12.6 Å². The molecule has 0 atom stereocenters. The van der Waals surface area contributed by atoms with Gasteiger partial charge in [-0.15, -0.1) is 13.2 Å². The highest BCUT2D eigenvalue weighted by atomic mass is 32.2. The Morgan fingerprint density at radius 2 is 1.83 bits per heavy atom. The van der Waals surface area contributed by atoms with Crippen LogP contribution < -0.4 is 4.74 Å². The number of halogens is 3. The van der Waals surface area contributed by atoms with Crippen LogP contribution in [0.3, 0.4) is 0 Å². The van der Waals surface area contributed by atoms with Crippen LogP contribution >= 0.6 is 0 Å². The van der Waals surface area contributed by atoms with Gasteiger partial charge < -0.3 is 4.74 Å². The summed E-state index contributed by atoms with van der Waals surface area (Å²) in [7, 11) is -3.66. The summed E-state index contributed by atoms with van der Waals surface area (Å²) < 4.78 is 64.3. The second-order valence-corrected chi connectivity index (χ2v) is 6.90. The quantitative estimate of drug-likeness (QED) is 0.840. The standard InChI is InChI=1S/C15H11F3N2O3S/c1-2-24(21,22)14-7-11(9-20-13(14)8-19)10-3-5-12(6-4-10)23-15(16,17)18/h3-7,9H,2H2,1H3. The molecule has 0 aliphatic rings. The Morgan fingerprint density at radius 3 is 2.33 bits per heavy atom.